The summed E-state index contributed by atoms with van der Waals surface area (Å²) < 4.78 is 139. The molecule has 0 saturated carbocycles. The van der Waals surface area contributed by atoms with E-state index in [2.05, 4.69) is 25.6 Å². The van der Waals surface area contributed by atoms with Crippen LogP contribution in [-0.2, 0) is 40.5 Å². The summed E-state index contributed by atoms with van der Waals surface area (Å²) in [4.78, 5) is 35.1. The lowest BCUT2D eigenvalue weighted by Gasteiger charge is -2.24. The van der Waals surface area contributed by atoms with E-state index in [1.54, 1.807) is 0 Å². The summed E-state index contributed by atoms with van der Waals surface area (Å²) in [5.41, 5.74) is 0.733. The van der Waals surface area contributed by atoms with Crippen molar-refractivity contribution < 1.29 is 61.5 Å². The van der Waals surface area contributed by atoms with Crippen LogP contribution < -0.4 is 16.4 Å². The van der Waals surface area contributed by atoms with Gasteiger partial charge in [0.1, 0.15) is 19.6 Å². The maximum atomic E-state index is 13.9. The number of fused-ring (bicyclic) bond motifs is 2. The highest BCUT2D eigenvalue weighted by atomic mass is 35.5. The van der Waals surface area contributed by atoms with Crippen LogP contribution in [0.1, 0.15) is 43.0 Å². The van der Waals surface area contributed by atoms with Crippen molar-refractivity contribution in [3.05, 3.63) is 105 Å². The van der Waals surface area contributed by atoms with Crippen LogP contribution in [0.3, 0.4) is 0 Å². The van der Waals surface area contributed by atoms with E-state index in [1.165, 1.54) is 12.1 Å². The second kappa shape index (κ2) is 14.5. The van der Waals surface area contributed by atoms with Gasteiger partial charge in [-0.15, -0.1) is 0 Å². The van der Waals surface area contributed by atoms with Gasteiger partial charge in [0.15, 0.2) is 11.6 Å². The first-order valence-electron chi connectivity index (χ1n) is 15.0. The number of nitrogens with one attached hydrogen (secondary N) is 2. The first kappa shape index (κ1) is 41.2. The molecule has 26 heteroatoms. The third-order valence-corrected chi connectivity index (χ3v) is 11.9. The van der Waals surface area contributed by atoms with Crippen LogP contribution in [0, 0.1) is 0 Å². The van der Waals surface area contributed by atoms with Gasteiger partial charge in [0.25, 0.3) is 40.5 Å². The lowest BCUT2D eigenvalue weighted by Crippen LogP contribution is -2.27. The summed E-state index contributed by atoms with van der Waals surface area (Å²) in [6.45, 7) is 0. The zero-order valence-electron chi connectivity index (χ0n) is 27.6. The predicted molar refractivity (Wildman–Crippen MR) is 202 cm³/mol. The minimum atomic E-state index is -5.23. The van der Waals surface area contributed by atoms with Gasteiger partial charge in [-0.2, -0.15) is 48.6 Å². The Balaban J connectivity index is 1.44. The Hall–Kier alpha value is -5.41. The van der Waals surface area contributed by atoms with Gasteiger partial charge in [-0.25, -0.2) is 0 Å². The molecule has 1 aliphatic carbocycles. The van der Waals surface area contributed by atoms with Crippen molar-refractivity contribution in [2.45, 2.75) is 19.6 Å². The van der Waals surface area contributed by atoms with E-state index < -0.39 is 105 Å². The Morgan fingerprint density at radius 3 is 1.54 bits per heavy atom. The third kappa shape index (κ3) is 8.35. The van der Waals surface area contributed by atoms with Gasteiger partial charge in [0.2, 0.25) is 16.5 Å². The smallest absolute Gasteiger partial charge is 0.296 e. The molecule has 0 bridgehead atoms. The van der Waals surface area contributed by atoms with Crippen LogP contribution in [0.25, 0.3) is 12.2 Å². The molecule has 5 aromatic rings. The summed E-state index contributed by atoms with van der Waals surface area (Å²) in [5.74, 6) is -2.62. The van der Waals surface area contributed by atoms with Crippen molar-refractivity contribution >= 4 is 116 Å². The maximum Gasteiger partial charge on any atom is 0.296 e. The van der Waals surface area contributed by atoms with Gasteiger partial charge < -0.3 is 16.4 Å². The van der Waals surface area contributed by atoms with Crippen molar-refractivity contribution in [3.8, 4) is 0 Å². The number of anilines is 5. The van der Waals surface area contributed by atoms with Gasteiger partial charge in [-0.05, 0) is 70.7 Å². The number of rotatable bonds is 10. The van der Waals surface area contributed by atoms with E-state index >= 15 is 0 Å². The molecule has 1 aliphatic rings. The molecular formula is C31H20Cl2N6O14S4. The Kier molecular flexibility index (Phi) is 10.5. The van der Waals surface area contributed by atoms with Gasteiger partial charge >= 0.3 is 0 Å². The zero-order valence-corrected chi connectivity index (χ0v) is 32.4. The van der Waals surface area contributed by atoms with Gasteiger partial charge in [-0.3, -0.25) is 27.8 Å². The average Bonchev–Trinajstić information content (AvgIpc) is 3.08. The molecular weight excluding hydrogens is 880 g/mol. The highest BCUT2D eigenvalue weighted by molar-refractivity contribution is 7.86. The van der Waals surface area contributed by atoms with Crippen LogP contribution in [0.5, 0.6) is 0 Å². The van der Waals surface area contributed by atoms with E-state index in [9.17, 15) is 61.5 Å². The van der Waals surface area contributed by atoms with Gasteiger partial charge in [0.05, 0.1) is 28.1 Å². The minimum absolute atomic E-state index is 0.0204. The highest BCUT2D eigenvalue weighted by Gasteiger charge is 2.39. The molecule has 0 fully saturated rings. The Morgan fingerprint density at radius 1 is 0.561 bits per heavy atom. The van der Waals surface area contributed by atoms with Crippen molar-refractivity contribution in [2.24, 2.45) is 0 Å². The summed E-state index contributed by atoms with van der Waals surface area (Å²) in [6, 6.07) is 9.90. The summed E-state index contributed by atoms with van der Waals surface area (Å²) in [7, 11) is -20.5. The second-order valence-corrected chi connectivity index (χ2v) is 17.8. The molecule has 0 atom stereocenters. The average molecular weight is 900 g/mol. The minimum Gasteiger partial charge on any atom is -0.397 e. The molecule has 0 aliphatic heterocycles. The largest absolute Gasteiger partial charge is 0.397 e. The van der Waals surface area contributed by atoms with Gasteiger partial charge in [0, 0.05) is 16.9 Å². The zero-order chi connectivity index (χ0) is 42.0. The molecule has 296 valence electrons. The molecule has 57 heavy (non-hydrogen) atoms. The topological polar surface area (TPSA) is 340 Å². The Labute approximate surface area is 331 Å². The normalized spacial score (nSPS) is 13.4. The van der Waals surface area contributed by atoms with Crippen molar-refractivity contribution in [3.63, 3.8) is 0 Å². The van der Waals surface area contributed by atoms with E-state index in [4.69, 9.17) is 28.9 Å². The number of halogens is 2. The number of nitrogens with zero attached hydrogens (tertiary/aromatic N) is 3. The number of ketones is 2. The van der Waals surface area contributed by atoms with Crippen LogP contribution in [-0.4, -0.2) is 78.4 Å². The lowest BCUT2D eigenvalue weighted by molar-refractivity contribution is 0.0977. The standard InChI is InChI=1S/C31H20Cl2N6O14S4/c32-29-37-30(33)39-31(38-29)36-16-9-7-14(21(11-16)56(48,49)50)5-4-13-6-8-15(10-20(13)55(45,46)47)35-18-12-22(57(51,52)53)26(34)25-24(18)28(41)23-17(27(25)40)2-1-3-19(23)54(42,43)44/h1-12,35H,34H2,(H,42,43,44)(H,45,46,47)(H,48,49,50)(H,51,52,53)(H,36,37,38,39)/b5-4+. The quantitative estimate of drug-likeness (QED) is 0.0576. The fraction of sp³-hybridized carbons (Fsp3) is 0. The first-order chi connectivity index (χ1) is 26.3. The molecule has 0 unspecified atom stereocenters. The van der Waals surface area contributed by atoms with E-state index in [0.717, 1.165) is 54.6 Å². The summed E-state index contributed by atoms with van der Waals surface area (Å²) in [5, 5.41) is 4.57. The van der Waals surface area contributed by atoms with Crippen molar-refractivity contribution in [1.82, 2.24) is 15.0 Å². The summed E-state index contributed by atoms with van der Waals surface area (Å²) >= 11 is 11.5. The number of nitrogens with two attached hydrogens (primary N) is 1. The number of hydrogen-bond donors (Lipinski definition) is 7. The molecule has 0 radical (unpaired) electrons. The van der Waals surface area contributed by atoms with Gasteiger partial charge in [-0.1, -0.05) is 36.4 Å². The van der Waals surface area contributed by atoms with Crippen LogP contribution in [0.2, 0.25) is 10.6 Å². The molecule has 8 N–H and O–H groups in total. The molecule has 1 aromatic heterocycles. The molecule has 0 spiro atoms. The fourth-order valence-electron chi connectivity index (χ4n) is 5.68. The second-order valence-electron chi connectivity index (χ2n) is 11.6. The molecule has 1 heterocycles. The van der Waals surface area contributed by atoms with E-state index in [1.807, 2.05) is 0 Å². The number of carbonyl (C=O) groups excluding carboxylic acids is 2. The number of hydrogen-bond acceptors (Lipinski definition) is 16. The number of nitrogen functional groups attached to an aromatic ring is 1. The number of aromatic nitrogens is 3. The lowest BCUT2D eigenvalue weighted by atomic mass is 9.82. The SMILES string of the molecule is Nc1c(S(=O)(=O)O)cc(Nc2ccc(/C=C/c3ccc(Nc4nc(Cl)nc(Cl)n4)cc3S(=O)(=O)O)c(S(=O)(=O)O)c2)c2c1C(=O)c1cccc(S(=O)(=O)O)c1C2=O. The fourth-order valence-corrected chi connectivity index (χ4v) is 8.82. The molecule has 0 saturated heterocycles. The van der Waals surface area contributed by atoms with E-state index in [-0.39, 0.29) is 39.0 Å². The molecule has 20 nitrogen and oxygen atoms in total. The molecule has 6 rings (SSSR count). The monoisotopic (exact) mass is 898 g/mol. The van der Waals surface area contributed by atoms with Crippen molar-refractivity contribution in [2.75, 3.05) is 16.4 Å². The van der Waals surface area contributed by atoms with Crippen LogP contribution in [0.15, 0.2) is 80.2 Å². The van der Waals surface area contributed by atoms with E-state index in [0.29, 0.717) is 6.07 Å². The van der Waals surface area contributed by atoms with Crippen LogP contribution in [0.4, 0.5) is 28.7 Å². The first-order valence-corrected chi connectivity index (χ1v) is 21.5. The molecule has 0 amide bonds. The van der Waals surface area contributed by atoms with Crippen LogP contribution >= 0.6 is 23.2 Å². The third-order valence-electron chi connectivity index (χ3n) is 7.98. The number of benzene rings is 4. The Bertz CT molecular complexity index is 3090. The maximum absolute atomic E-state index is 13.9. The van der Waals surface area contributed by atoms with Crippen molar-refractivity contribution in [1.29, 1.82) is 0 Å². The predicted octanol–water partition coefficient (Wildman–Crippen LogP) is 4.18. The number of carbonyl (C=O) groups is 2. The Morgan fingerprint density at radius 2 is 1.05 bits per heavy atom. The summed E-state index contributed by atoms with van der Waals surface area (Å²) in [6.07, 6.45) is 2.09. The highest BCUT2D eigenvalue weighted by Crippen LogP contribution is 2.42. The molecule has 4 aromatic carbocycles.